The molecule has 2 aliphatic rings. The highest BCUT2D eigenvalue weighted by Crippen LogP contribution is 2.40. The molecule has 1 saturated carbocycles. The lowest BCUT2D eigenvalue weighted by molar-refractivity contribution is 0.0689. The first-order valence-electron chi connectivity index (χ1n) is 8.27. The maximum Gasteiger partial charge on any atom is 0.256 e. The van der Waals surface area contributed by atoms with Crippen LogP contribution in [0.3, 0.4) is 0 Å². The molecular weight excluding hydrogens is 331 g/mol. The van der Waals surface area contributed by atoms with E-state index in [2.05, 4.69) is 14.8 Å². The minimum absolute atomic E-state index is 0.0453. The van der Waals surface area contributed by atoms with Crippen LogP contribution in [-0.2, 0) is 0 Å². The summed E-state index contributed by atoms with van der Waals surface area (Å²) in [5.74, 6) is 0.800. The van der Waals surface area contributed by atoms with Gasteiger partial charge >= 0.3 is 0 Å². The molecule has 1 saturated heterocycles. The number of halogens is 2. The standard InChI is InChI=1S/C17H18ClFN4O/c18-12-3-4-15(19)14(9-12)17(24)22-7-5-13(6-8-22)23-10-20-21-16(23)11-1-2-11/h3-4,9-11,13H,1-2,5-8H2. The zero-order valence-corrected chi connectivity index (χ0v) is 13.9. The fourth-order valence-corrected chi connectivity index (χ4v) is 3.52. The molecule has 7 heteroatoms. The van der Waals surface area contributed by atoms with Gasteiger partial charge < -0.3 is 9.47 Å². The third-order valence-corrected chi connectivity index (χ3v) is 5.08. The number of benzene rings is 1. The van der Waals surface area contributed by atoms with Crippen molar-refractivity contribution >= 4 is 17.5 Å². The Morgan fingerprint density at radius 2 is 1.96 bits per heavy atom. The first-order valence-corrected chi connectivity index (χ1v) is 8.65. The SMILES string of the molecule is O=C(c1cc(Cl)ccc1F)N1CCC(n2cnnc2C2CC2)CC1. The molecule has 1 aliphatic heterocycles. The molecule has 2 fully saturated rings. The van der Waals surface area contributed by atoms with Crippen LogP contribution < -0.4 is 0 Å². The topological polar surface area (TPSA) is 51.0 Å². The number of amides is 1. The number of hydrogen-bond acceptors (Lipinski definition) is 3. The molecule has 1 aromatic heterocycles. The molecule has 0 bridgehead atoms. The van der Waals surface area contributed by atoms with E-state index >= 15 is 0 Å². The van der Waals surface area contributed by atoms with Gasteiger partial charge in [-0.15, -0.1) is 10.2 Å². The van der Waals surface area contributed by atoms with Gasteiger partial charge in [0, 0.05) is 30.1 Å². The molecular formula is C17H18ClFN4O. The van der Waals surface area contributed by atoms with Crippen LogP contribution in [0.4, 0.5) is 4.39 Å². The highest BCUT2D eigenvalue weighted by Gasteiger charge is 2.32. The number of rotatable bonds is 3. The fraction of sp³-hybridized carbons (Fsp3) is 0.471. The minimum Gasteiger partial charge on any atom is -0.338 e. The summed E-state index contributed by atoms with van der Waals surface area (Å²) in [7, 11) is 0. The Bertz CT molecular complexity index is 766. The predicted molar refractivity (Wildman–Crippen MR) is 87.6 cm³/mol. The van der Waals surface area contributed by atoms with Gasteiger partial charge in [0.25, 0.3) is 5.91 Å². The third-order valence-electron chi connectivity index (χ3n) is 4.85. The molecule has 5 nitrogen and oxygen atoms in total. The Hall–Kier alpha value is -1.95. The highest BCUT2D eigenvalue weighted by atomic mass is 35.5. The molecule has 2 aromatic rings. The normalized spacial score (nSPS) is 18.8. The van der Waals surface area contributed by atoms with Gasteiger partial charge in [0.2, 0.25) is 0 Å². The zero-order chi connectivity index (χ0) is 16.7. The molecule has 0 spiro atoms. The highest BCUT2D eigenvalue weighted by molar-refractivity contribution is 6.31. The van der Waals surface area contributed by atoms with Crippen LogP contribution in [0, 0.1) is 5.82 Å². The molecule has 1 amide bonds. The average Bonchev–Trinajstić information content (AvgIpc) is 3.33. The summed E-state index contributed by atoms with van der Waals surface area (Å²) in [6.45, 7) is 1.19. The monoisotopic (exact) mass is 348 g/mol. The van der Waals surface area contributed by atoms with Crippen molar-refractivity contribution in [1.82, 2.24) is 19.7 Å². The van der Waals surface area contributed by atoms with Crippen LogP contribution >= 0.6 is 11.6 Å². The summed E-state index contributed by atoms with van der Waals surface area (Å²) >= 11 is 5.89. The molecule has 2 heterocycles. The molecule has 1 aliphatic carbocycles. The number of piperidine rings is 1. The Morgan fingerprint density at radius 1 is 1.21 bits per heavy atom. The molecule has 0 radical (unpaired) electrons. The summed E-state index contributed by atoms with van der Waals surface area (Å²) in [5, 5.41) is 8.66. The lowest BCUT2D eigenvalue weighted by atomic mass is 10.0. The number of likely N-dealkylation sites (tertiary alicyclic amines) is 1. The first-order chi connectivity index (χ1) is 11.6. The summed E-state index contributed by atoms with van der Waals surface area (Å²) in [4.78, 5) is 14.2. The second kappa shape index (κ2) is 6.16. The molecule has 1 aromatic carbocycles. The second-order valence-electron chi connectivity index (χ2n) is 6.52. The Balaban J connectivity index is 1.45. The van der Waals surface area contributed by atoms with E-state index in [0.717, 1.165) is 18.7 Å². The van der Waals surface area contributed by atoms with Gasteiger partial charge in [-0.25, -0.2) is 4.39 Å². The van der Waals surface area contributed by atoms with Crippen LogP contribution in [0.1, 0.15) is 53.8 Å². The van der Waals surface area contributed by atoms with Gasteiger partial charge in [-0.1, -0.05) is 11.6 Å². The molecule has 0 N–H and O–H groups in total. The van der Waals surface area contributed by atoms with Crippen molar-refractivity contribution in [2.75, 3.05) is 13.1 Å². The van der Waals surface area contributed by atoms with Crippen LogP contribution in [-0.4, -0.2) is 38.7 Å². The molecule has 4 rings (SSSR count). The van der Waals surface area contributed by atoms with Crippen molar-refractivity contribution < 1.29 is 9.18 Å². The maximum absolute atomic E-state index is 13.9. The fourth-order valence-electron chi connectivity index (χ4n) is 3.35. The lowest BCUT2D eigenvalue weighted by Gasteiger charge is -2.33. The minimum atomic E-state index is -0.527. The largest absolute Gasteiger partial charge is 0.338 e. The summed E-state index contributed by atoms with van der Waals surface area (Å²) in [6, 6.07) is 4.40. The number of nitrogens with zero attached hydrogens (tertiary/aromatic N) is 4. The van der Waals surface area contributed by atoms with Crippen molar-refractivity contribution in [2.24, 2.45) is 0 Å². The Labute approximate surface area is 144 Å². The van der Waals surface area contributed by atoms with E-state index in [0.29, 0.717) is 30.1 Å². The van der Waals surface area contributed by atoms with Crippen molar-refractivity contribution in [1.29, 1.82) is 0 Å². The number of aromatic nitrogens is 3. The smallest absolute Gasteiger partial charge is 0.256 e. The van der Waals surface area contributed by atoms with E-state index in [-0.39, 0.29) is 11.5 Å². The van der Waals surface area contributed by atoms with Crippen molar-refractivity contribution in [3.8, 4) is 0 Å². The van der Waals surface area contributed by atoms with Gasteiger partial charge in [-0.3, -0.25) is 4.79 Å². The van der Waals surface area contributed by atoms with Gasteiger partial charge in [-0.05, 0) is 43.9 Å². The van der Waals surface area contributed by atoms with E-state index in [4.69, 9.17) is 11.6 Å². The summed E-state index contributed by atoms with van der Waals surface area (Å²) in [5.41, 5.74) is 0.0453. The molecule has 0 unspecified atom stereocenters. The Morgan fingerprint density at radius 3 is 2.67 bits per heavy atom. The van der Waals surface area contributed by atoms with Crippen LogP contribution in [0.5, 0.6) is 0 Å². The number of hydrogen-bond donors (Lipinski definition) is 0. The van der Waals surface area contributed by atoms with Gasteiger partial charge in [-0.2, -0.15) is 0 Å². The number of carbonyl (C=O) groups excluding carboxylic acids is 1. The van der Waals surface area contributed by atoms with Crippen molar-refractivity contribution in [2.45, 2.75) is 37.6 Å². The van der Waals surface area contributed by atoms with E-state index in [1.165, 1.54) is 31.0 Å². The summed E-state index contributed by atoms with van der Waals surface area (Å²) in [6.07, 6.45) is 5.82. The van der Waals surface area contributed by atoms with Crippen LogP contribution in [0.2, 0.25) is 5.02 Å². The Kier molecular flexibility index (Phi) is 4.00. The number of carbonyl (C=O) groups is 1. The van der Waals surface area contributed by atoms with Gasteiger partial charge in [0.15, 0.2) is 0 Å². The quantitative estimate of drug-likeness (QED) is 0.854. The first kappa shape index (κ1) is 15.6. The third kappa shape index (κ3) is 2.90. The van der Waals surface area contributed by atoms with E-state index in [9.17, 15) is 9.18 Å². The van der Waals surface area contributed by atoms with Crippen LogP contribution in [0.25, 0.3) is 0 Å². The van der Waals surface area contributed by atoms with E-state index in [1.807, 2.05) is 0 Å². The van der Waals surface area contributed by atoms with Gasteiger partial charge in [0.05, 0.1) is 5.56 Å². The van der Waals surface area contributed by atoms with E-state index in [1.54, 1.807) is 11.2 Å². The molecule has 126 valence electrons. The zero-order valence-electron chi connectivity index (χ0n) is 13.2. The van der Waals surface area contributed by atoms with E-state index < -0.39 is 5.82 Å². The molecule has 24 heavy (non-hydrogen) atoms. The summed E-state index contributed by atoms with van der Waals surface area (Å²) < 4.78 is 16.1. The second-order valence-corrected chi connectivity index (χ2v) is 6.95. The average molecular weight is 349 g/mol. The molecule has 0 atom stereocenters. The predicted octanol–water partition coefficient (Wildman–Crippen LogP) is 3.43. The van der Waals surface area contributed by atoms with Crippen molar-refractivity contribution in [3.63, 3.8) is 0 Å². The lowest BCUT2D eigenvalue weighted by Crippen LogP contribution is -2.39. The maximum atomic E-state index is 13.9. The van der Waals surface area contributed by atoms with Gasteiger partial charge in [0.1, 0.15) is 18.0 Å². The van der Waals surface area contributed by atoms with Crippen molar-refractivity contribution in [3.05, 3.63) is 46.8 Å². The van der Waals surface area contributed by atoms with Crippen LogP contribution in [0.15, 0.2) is 24.5 Å².